The minimum absolute atomic E-state index is 0.00435. The van der Waals surface area contributed by atoms with E-state index in [2.05, 4.69) is 6.07 Å². The van der Waals surface area contributed by atoms with Crippen LogP contribution < -0.4 is 0 Å². The molecule has 1 aromatic rings. The van der Waals surface area contributed by atoms with E-state index in [1.54, 1.807) is 6.07 Å². The Morgan fingerprint density at radius 3 is 2.61 bits per heavy atom. The van der Waals surface area contributed by atoms with E-state index >= 15 is 0 Å². The Bertz CT molecular complexity index is 463. The van der Waals surface area contributed by atoms with Gasteiger partial charge in [0.05, 0.1) is 18.2 Å². The molecule has 1 aromatic carbocycles. The van der Waals surface area contributed by atoms with Crippen LogP contribution in [0.5, 0.6) is 0 Å². The molecular weight excluding hydrogens is 228 g/mol. The Kier molecular flexibility index (Phi) is 4.87. The zero-order valence-electron chi connectivity index (χ0n) is 10.9. The summed E-state index contributed by atoms with van der Waals surface area (Å²) < 4.78 is 0. The molecule has 4 nitrogen and oxygen atoms in total. The fraction of sp³-hybridized carbons (Fsp3) is 0.429. The van der Waals surface area contributed by atoms with Crippen LogP contribution in [0, 0.1) is 11.3 Å². The Morgan fingerprint density at radius 2 is 2.11 bits per heavy atom. The zero-order valence-corrected chi connectivity index (χ0v) is 10.9. The minimum atomic E-state index is -0.841. The van der Waals surface area contributed by atoms with E-state index in [1.807, 2.05) is 43.9 Å². The van der Waals surface area contributed by atoms with Crippen molar-refractivity contribution in [1.82, 2.24) is 4.90 Å². The molecule has 0 aliphatic carbocycles. The number of benzene rings is 1. The lowest BCUT2D eigenvalue weighted by molar-refractivity contribution is -0.139. The van der Waals surface area contributed by atoms with Gasteiger partial charge in [-0.05, 0) is 38.5 Å². The molecule has 0 saturated carbocycles. The molecule has 0 radical (unpaired) electrons. The lowest BCUT2D eigenvalue weighted by Crippen LogP contribution is -2.37. The van der Waals surface area contributed by atoms with E-state index in [4.69, 9.17) is 10.4 Å². The average molecular weight is 246 g/mol. The van der Waals surface area contributed by atoms with Crippen molar-refractivity contribution in [2.45, 2.75) is 32.9 Å². The van der Waals surface area contributed by atoms with Gasteiger partial charge in [0.1, 0.15) is 0 Å². The lowest BCUT2D eigenvalue weighted by atomic mass is 10.0. The number of nitriles is 1. The fourth-order valence-corrected chi connectivity index (χ4v) is 1.98. The second-order valence-electron chi connectivity index (χ2n) is 4.57. The molecule has 0 spiro atoms. The number of carbonyl (C=O) groups is 1. The van der Waals surface area contributed by atoms with Crippen LogP contribution in [0.15, 0.2) is 24.3 Å². The standard InChI is InChI=1S/C14H18N2O2/c1-10(2)16(9-14(17)18)11(3)13-6-4-5-12(7-13)8-15/h4-7,10-11H,9H2,1-3H3,(H,17,18). The van der Waals surface area contributed by atoms with Crippen molar-refractivity contribution in [1.29, 1.82) is 5.26 Å². The van der Waals surface area contributed by atoms with Crippen LogP contribution in [0.25, 0.3) is 0 Å². The molecule has 18 heavy (non-hydrogen) atoms. The largest absolute Gasteiger partial charge is 0.480 e. The third kappa shape index (κ3) is 3.57. The first-order chi connectivity index (χ1) is 8.45. The maximum Gasteiger partial charge on any atom is 0.317 e. The third-order valence-electron chi connectivity index (χ3n) is 2.98. The van der Waals surface area contributed by atoms with Crippen molar-refractivity contribution < 1.29 is 9.90 Å². The van der Waals surface area contributed by atoms with E-state index in [-0.39, 0.29) is 18.6 Å². The van der Waals surface area contributed by atoms with Crippen LogP contribution in [-0.4, -0.2) is 28.6 Å². The summed E-state index contributed by atoms with van der Waals surface area (Å²) in [7, 11) is 0. The maximum absolute atomic E-state index is 10.9. The van der Waals surface area contributed by atoms with Gasteiger partial charge in [0, 0.05) is 12.1 Å². The summed E-state index contributed by atoms with van der Waals surface area (Å²) in [5.74, 6) is -0.841. The third-order valence-corrected chi connectivity index (χ3v) is 2.98. The van der Waals surface area contributed by atoms with E-state index < -0.39 is 5.97 Å². The van der Waals surface area contributed by atoms with Crippen molar-refractivity contribution in [3.05, 3.63) is 35.4 Å². The van der Waals surface area contributed by atoms with Gasteiger partial charge in [0.25, 0.3) is 0 Å². The van der Waals surface area contributed by atoms with Crippen molar-refractivity contribution in [3.63, 3.8) is 0 Å². The van der Waals surface area contributed by atoms with Gasteiger partial charge in [0.2, 0.25) is 0 Å². The van der Waals surface area contributed by atoms with Crippen molar-refractivity contribution in [2.75, 3.05) is 6.54 Å². The summed E-state index contributed by atoms with van der Waals surface area (Å²) in [6, 6.07) is 9.48. The normalized spacial score (nSPS) is 12.4. The number of hydrogen-bond acceptors (Lipinski definition) is 3. The average Bonchev–Trinajstić information content (AvgIpc) is 2.34. The Morgan fingerprint density at radius 1 is 1.44 bits per heavy atom. The molecule has 0 bridgehead atoms. The fourth-order valence-electron chi connectivity index (χ4n) is 1.98. The van der Waals surface area contributed by atoms with E-state index in [9.17, 15) is 4.79 Å². The van der Waals surface area contributed by atoms with E-state index in [0.29, 0.717) is 5.56 Å². The van der Waals surface area contributed by atoms with Crippen LogP contribution >= 0.6 is 0 Å². The molecule has 1 rings (SSSR count). The van der Waals surface area contributed by atoms with Crippen LogP contribution in [0.3, 0.4) is 0 Å². The highest BCUT2D eigenvalue weighted by Gasteiger charge is 2.21. The predicted molar refractivity (Wildman–Crippen MR) is 69.0 cm³/mol. The number of carboxylic acids is 1. The number of nitrogens with zero attached hydrogens (tertiary/aromatic N) is 2. The minimum Gasteiger partial charge on any atom is -0.480 e. The Labute approximate surface area is 107 Å². The first-order valence-corrected chi connectivity index (χ1v) is 5.93. The van der Waals surface area contributed by atoms with Gasteiger partial charge in [-0.25, -0.2) is 0 Å². The first-order valence-electron chi connectivity index (χ1n) is 5.93. The van der Waals surface area contributed by atoms with E-state index in [1.165, 1.54) is 0 Å². The molecule has 0 fully saturated rings. The van der Waals surface area contributed by atoms with Gasteiger partial charge in [-0.15, -0.1) is 0 Å². The highest BCUT2D eigenvalue weighted by Crippen LogP contribution is 2.22. The quantitative estimate of drug-likeness (QED) is 0.866. The molecule has 0 heterocycles. The SMILES string of the molecule is CC(C)N(CC(=O)O)C(C)c1cccc(C#N)c1. The van der Waals surface area contributed by atoms with Crippen LogP contribution in [0.4, 0.5) is 0 Å². The topological polar surface area (TPSA) is 64.3 Å². The second-order valence-corrected chi connectivity index (χ2v) is 4.57. The van der Waals surface area contributed by atoms with Gasteiger partial charge in [-0.2, -0.15) is 5.26 Å². The summed E-state index contributed by atoms with van der Waals surface area (Å²) in [5.41, 5.74) is 1.56. The zero-order chi connectivity index (χ0) is 13.7. The summed E-state index contributed by atoms with van der Waals surface area (Å²) in [4.78, 5) is 12.8. The molecular formula is C14H18N2O2. The first kappa shape index (κ1) is 14.2. The van der Waals surface area contributed by atoms with Crippen LogP contribution in [0.1, 0.15) is 37.9 Å². The van der Waals surface area contributed by atoms with Crippen molar-refractivity contribution >= 4 is 5.97 Å². The molecule has 0 saturated heterocycles. The number of hydrogen-bond donors (Lipinski definition) is 1. The van der Waals surface area contributed by atoms with E-state index in [0.717, 1.165) is 5.56 Å². The van der Waals surface area contributed by atoms with Gasteiger partial charge in [-0.1, -0.05) is 12.1 Å². The van der Waals surface area contributed by atoms with Gasteiger partial charge in [0.15, 0.2) is 0 Å². The molecule has 0 amide bonds. The molecule has 1 atom stereocenters. The van der Waals surface area contributed by atoms with Gasteiger partial charge in [-0.3, -0.25) is 9.69 Å². The molecule has 4 heteroatoms. The Balaban J connectivity index is 2.98. The Hall–Kier alpha value is -1.86. The van der Waals surface area contributed by atoms with Gasteiger partial charge < -0.3 is 5.11 Å². The smallest absolute Gasteiger partial charge is 0.317 e. The van der Waals surface area contributed by atoms with Crippen LogP contribution in [0.2, 0.25) is 0 Å². The number of aliphatic carboxylic acids is 1. The highest BCUT2D eigenvalue weighted by molar-refractivity contribution is 5.69. The monoisotopic (exact) mass is 246 g/mol. The molecule has 0 aliphatic heterocycles. The maximum atomic E-state index is 10.9. The van der Waals surface area contributed by atoms with Gasteiger partial charge >= 0.3 is 5.97 Å². The lowest BCUT2D eigenvalue weighted by Gasteiger charge is -2.31. The molecule has 96 valence electrons. The van der Waals surface area contributed by atoms with Crippen LogP contribution in [-0.2, 0) is 4.79 Å². The summed E-state index contributed by atoms with van der Waals surface area (Å²) in [5, 5.41) is 17.8. The predicted octanol–water partition coefficient (Wildman–Crippen LogP) is 2.41. The molecule has 1 N–H and O–H groups in total. The second kappa shape index (κ2) is 6.18. The van der Waals surface area contributed by atoms with Crippen molar-refractivity contribution in [2.24, 2.45) is 0 Å². The summed E-state index contributed by atoms with van der Waals surface area (Å²) in [6.07, 6.45) is 0. The molecule has 0 aliphatic rings. The molecule has 0 aromatic heterocycles. The number of carboxylic acid groups (broad SMARTS) is 1. The highest BCUT2D eigenvalue weighted by atomic mass is 16.4. The molecule has 1 unspecified atom stereocenters. The number of rotatable bonds is 5. The summed E-state index contributed by atoms with van der Waals surface area (Å²) in [6.45, 7) is 5.89. The summed E-state index contributed by atoms with van der Waals surface area (Å²) >= 11 is 0. The van der Waals surface area contributed by atoms with Crippen molar-refractivity contribution in [3.8, 4) is 6.07 Å².